The number of nitrogens with one attached hydrogen (secondary N) is 3. The van der Waals surface area contributed by atoms with Gasteiger partial charge in [-0.05, 0) is 41.7 Å². The molecule has 2 heterocycles. The highest BCUT2D eigenvalue weighted by Gasteiger charge is 2.38. The lowest BCUT2D eigenvalue weighted by molar-refractivity contribution is -0.141. The van der Waals surface area contributed by atoms with E-state index in [0.717, 1.165) is 40.8 Å². The van der Waals surface area contributed by atoms with Gasteiger partial charge < -0.3 is 36.7 Å². The molecule has 0 aliphatic carbocycles. The molecule has 16 nitrogen and oxygen atoms in total. The minimum atomic E-state index is -1.40. The summed E-state index contributed by atoms with van der Waals surface area (Å²) >= 11 is 0. The second kappa shape index (κ2) is 19.7. The predicted molar refractivity (Wildman–Crippen MR) is 207 cm³/mol. The van der Waals surface area contributed by atoms with Gasteiger partial charge in [-0.1, -0.05) is 51.1 Å². The number of aliphatic hydroxyl groups is 1. The summed E-state index contributed by atoms with van der Waals surface area (Å²) in [4.78, 5) is 89.6. The Labute approximate surface area is 333 Å². The number of halogens is 2. The van der Waals surface area contributed by atoms with E-state index in [9.17, 15) is 43.1 Å². The van der Waals surface area contributed by atoms with Gasteiger partial charge in [-0.25, -0.2) is 8.78 Å². The van der Waals surface area contributed by atoms with Crippen molar-refractivity contribution >= 4 is 41.4 Å². The van der Waals surface area contributed by atoms with E-state index in [2.05, 4.69) is 16.0 Å². The first kappa shape index (κ1) is 44.4. The number of hydrogen-bond acceptors (Lipinski definition) is 9. The standard InChI is InChI=1S/C40H48F2N8O8/c1-40(2,3)37(31-17-25(27-18-26(41)9-10-28(27)42)21-48(31)20-24-7-5-4-6-8-24)49(36(56)23-51)16-13-29(47-30(38(44)57)19-32(43)52)39(58)46-15-14-45-33(53)22-50-34(54)11-12-35(50)55/h4-12,17-18,21,29-30,37,47,51H,13-16,19-20,22-23H2,1-3H3,(H2,43,52)(H2,44,57)(H,45,53)(H,46,58)/t29-,30-,37-/m0/s1. The number of nitrogens with two attached hydrogens (primary N) is 2. The summed E-state index contributed by atoms with van der Waals surface area (Å²) in [5.74, 6) is -6.62. The number of carbonyl (C=O) groups excluding carboxylic acids is 7. The van der Waals surface area contributed by atoms with Crippen LogP contribution in [-0.2, 0) is 40.1 Å². The van der Waals surface area contributed by atoms with Crippen molar-refractivity contribution in [2.45, 2.75) is 58.3 Å². The molecule has 58 heavy (non-hydrogen) atoms. The number of aliphatic hydroxyl groups excluding tert-OH is 1. The fourth-order valence-electron chi connectivity index (χ4n) is 6.64. The molecule has 4 rings (SSSR count). The second-order valence-electron chi connectivity index (χ2n) is 14.8. The van der Waals surface area contributed by atoms with Crippen LogP contribution in [0.3, 0.4) is 0 Å². The Bertz CT molecular complexity index is 2030. The zero-order chi connectivity index (χ0) is 42.7. The normalized spacial score (nSPS) is 14.2. The third-order valence-corrected chi connectivity index (χ3v) is 9.31. The number of imide groups is 1. The quantitative estimate of drug-likeness (QED) is 0.0693. The lowest BCUT2D eigenvalue weighted by atomic mass is 9.82. The summed E-state index contributed by atoms with van der Waals surface area (Å²) in [6, 6.07) is 10.5. The molecule has 0 radical (unpaired) electrons. The van der Waals surface area contributed by atoms with Gasteiger partial charge in [0.2, 0.25) is 29.5 Å². The number of nitrogens with zero attached hydrogens (tertiary/aromatic N) is 3. The van der Waals surface area contributed by atoms with E-state index < -0.39 is 96.1 Å². The number of primary amides is 2. The molecule has 0 saturated carbocycles. The van der Waals surface area contributed by atoms with E-state index >= 15 is 4.39 Å². The first-order valence-electron chi connectivity index (χ1n) is 18.4. The van der Waals surface area contributed by atoms with Gasteiger partial charge in [-0.3, -0.25) is 43.8 Å². The molecule has 2 aromatic carbocycles. The predicted octanol–water partition coefficient (Wildman–Crippen LogP) is 0.625. The van der Waals surface area contributed by atoms with Crippen molar-refractivity contribution in [2.24, 2.45) is 16.9 Å². The van der Waals surface area contributed by atoms with Crippen LogP contribution in [0, 0.1) is 17.0 Å². The molecule has 1 aliphatic heterocycles. The van der Waals surface area contributed by atoms with E-state index in [1.54, 1.807) is 16.8 Å². The Morgan fingerprint density at radius 1 is 0.897 bits per heavy atom. The van der Waals surface area contributed by atoms with E-state index in [0.29, 0.717) is 11.3 Å². The number of amides is 7. The smallest absolute Gasteiger partial charge is 0.254 e. The highest BCUT2D eigenvalue weighted by molar-refractivity contribution is 6.14. The Balaban J connectivity index is 1.65. The zero-order valence-electron chi connectivity index (χ0n) is 32.4. The van der Waals surface area contributed by atoms with E-state index in [-0.39, 0.29) is 38.2 Å². The van der Waals surface area contributed by atoms with Crippen LogP contribution in [0.15, 0.2) is 72.9 Å². The molecule has 310 valence electrons. The number of aromatic nitrogens is 1. The summed E-state index contributed by atoms with van der Waals surface area (Å²) in [5, 5.41) is 18.1. The summed E-state index contributed by atoms with van der Waals surface area (Å²) in [6.45, 7) is 3.82. The topological polar surface area (TPSA) is 239 Å². The highest BCUT2D eigenvalue weighted by atomic mass is 19.1. The molecule has 3 atom stereocenters. The molecule has 8 N–H and O–H groups in total. The van der Waals surface area contributed by atoms with Crippen molar-refractivity contribution in [3.8, 4) is 11.1 Å². The van der Waals surface area contributed by atoms with Crippen molar-refractivity contribution in [1.29, 1.82) is 0 Å². The fraction of sp³-hybridized carbons (Fsp3) is 0.375. The molecule has 7 amide bonds. The average Bonchev–Trinajstić information content (AvgIpc) is 3.71. The molecule has 1 aromatic heterocycles. The number of rotatable bonds is 20. The fourth-order valence-corrected chi connectivity index (χ4v) is 6.64. The zero-order valence-corrected chi connectivity index (χ0v) is 32.4. The summed E-state index contributed by atoms with van der Waals surface area (Å²) < 4.78 is 31.4. The van der Waals surface area contributed by atoms with Gasteiger partial charge in [0, 0.05) is 61.3 Å². The highest BCUT2D eigenvalue weighted by Crippen LogP contribution is 2.41. The minimum Gasteiger partial charge on any atom is -0.387 e. The summed E-state index contributed by atoms with van der Waals surface area (Å²) in [5.41, 5.74) is 11.8. The van der Waals surface area contributed by atoms with Crippen molar-refractivity contribution in [1.82, 2.24) is 30.3 Å². The Morgan fingerprint density at radius 2 is 1.55 bits per heavy atom. The van der Waals surface area contributed by atoms with Crippen LogP contribution in [0.4, 0.5) is 8.78 Å². The van der Waals surface area contributed by atoms with Crippen molar-refractivity contribution in [2.75, 3.05) is 32.8 Å². The molecule has 0 saturated heterocycles. The SMILES string of the molecule is CC(C)(C)[C@H](c1cc(-c2cc(F)ccc2F)cn1Cc1ccccc1)N(CC[C@H](N[C@@H](CC(N)=O)C(N)=O)C(=O)NCCNC(=O)CN1C(=O)C=CC1=O)C(=O)CO. The summed E-state index contributed by atoms with van der Waals surface area (Å²) in [7, 11) is 0. The first-order valence-corrected chi connectivity index (χ1v) is 18.4. The van der Waals surface area contributed by atoms with Crippen LogP contribution in [0.5, 0.6) is 0 Å². The molecule has 0 bridgehead atoms. The van der Waals surface area contributed by atoms with Gasteiger partial charge >= 0.3 is 0 Å². The van der Waals surface area contributed by atoms with Crippen LogP contribution in [0.1, 0.15) is 50.9 Å². The molecule has 1 aliphatic rings. The van der Waals surface area contributed by atoms with Crippen LogP contribution >= 0.6 is 0 Å². The molecule has 18 heteroatoms. The van der Waals surface area contributed by atoms with Crippen molar-refractivity contribution in [3.63, 3.8) is 0 Å². The second-order valence-corrected chi connectivity index (χ2v) is 14.8. The first-order chi connectivity index (χ1) is 27.4. The Hall–Kier alpha value is -6.27. The summed E-state index contributed by atoms with van der Waals surface area (Å²) in [6.07, 6.45) is 2.95. The Morgan fingerprint density at radius 3 is 2.16 bits per heavy atom. The monoisotopic (exact) mass is 806 g/mol. The van der Waals surface area contributed by atoms with Crippen LogP contribution in [0.25, 0.3) is 11.1 Å². The van der Waals surface area contributed by atoms with Gasteiger partial charge in [-0.2, -0.15) is 0 Å². The lowest BCUT2D eigenvalue weighted by Crippen LogP contribution is -2.55. The average molecular weight is 807 g/mol. The molecule has 0 unspecified atom stereocenters. The van der Waals surface area contributed by atoms with E-state index in [4.69, 9.17) is 11.5 Å². The maximum atomic E-state index is 15.2. The van der Waals surface area contributed by atoms with E-state index in [1.807, 2.05) is 51.1 Å². The van der Waals surface area contributed by atoms with Crippen LogP contribution < -0.4 is 27.4 Å². The van der Waals surface area contributed by atoms with Crippen molar-refractivity contribution in [3.05, 3.63) is 95.8 Å². The van der Waals surface area contributed by atoms with Crippen LogP contribution in [0.2, 0.25) is 0 Å². The van der Waals surface area contributed by atoms with Gasteiger partial charge in [0.15, 0.2) is 0 Å². The third-order valence-electron chi connectivity index (χ3n) is 9.31. The van der Waals surface area contributed by atoms with Crippen molar-refractivity contribution < 1.29 is 47.4 Å². The van der Waals surface area contributed by atoms with Gasteiger partial charge in [-0.15, -0.1) is 0 Å². The molecule has 3 aromatic rings. The van der Waals surface area contributed by atoms with E-state index in [1.165, 1.54) is 4.90 Å². The minimum absolute atomic E-state index is 0.0140. The molecule has 0 fully saturated rings. The number of benzene rings is 2. The maximum absolute atomic E-state index is 15.2. The molecule has 0 spiro atoms. The van der Waals surface area contributed by atoms with Gasteiger partial charge in [0.1, 0.15) is 24.8 Å². The number of carbonyl (C=O) groups is 7. The van der Waals surface area contributed by atoms with Crippen LogP contribution in [-0.4, -0.2) is 106 Å². The molecular formula is C40H48F2N8O8. The van der Waals surface area contributed by atoms with Gasteiger partial charge in [0.05, 0.1) is 24.5 Å². The number of hydrogen-bond donors (Lipinski definition) is 6. The lowest BCUT2D eigenvalue weighted by Gasteiger charge is -2.41. The Kier molecular flexibility index (Phi) is 15.1. The largest absolute Gasteiger partial charge is 0.387 e. The molecular weight excluding hydrogens is 758 g/mol. The maximum Gasteiger partial charge on any atom is 0.254 e. The van der Waals surface area contributed by atoms with Gasteiger partial charge in [0.25, 0.3) is 11.8 Å². The third kappa shape index (κ3) is 11.9.